The lowest BCUT2D eigenvalue weighted by atomic mass is 10.3. The van der Waals surface area contributed by atoms with E-state index >= 15 is 0 Å². The van der Waals surface area contributed by atoms with Crippen LogP contribution in [-0.2, 0) is 0 Å². The van der Waals surface area contributed by atoms with Gasteiger partial charge < -0.3 is 9.84 Å². The maximum Gasteiger partial charge on any atom is 0.282 e. The highest BCUT2D eigenvalue weighted by atomic mass is 32.2. The number of ether oxygens (including phenoxy) is 1. The van der Waals surface area contributed by atoms with E-state index in [0.29, 0.717) is 16.6 Å². The van der Waals surface area contributed by atoms with Crippen molar-refractivity contribution in [2.24, 2.45) is 0 Å². The molecule has 2 heterocycles. The molecule has 27 heavy (non-hydrogen) atoms. The van der Waals surface area contributed by atoms with Gasteiger partial charge in [-0.1, -0.05) is 30.8 Å². The van der Waals surface area contributed by atoms with Crippen molar-refractivity contribution in [3.8, 4) is 17.2 Å². The van der Waals surface area contributed by atoms with Crippen LogP contribution in [0, 0.1) is 0 Å². The molecular weight excluding hydrogens is 372 g/mol. The third kappa shape index (κ3) is 3.92. The van der Waals surface area contributed by atoms with Crippen LogP contribution in [0.2, 0.25) is 0 Å². The first-order chi connectivity index (χ1) is 13.0. The predicted octanol–water partition coefficient (Wildman–Crippen LogP) is 1.43. The first-order valence-corrected chi connectivity index (χ1v) is 8.85. The minimum atomic E-state index is -0.750. The SMILES string of the molecule is CCSc1n[nH]c(NC(=O)c2nn(-c3ccccc3OC)c(=O)cc2O)n1. The van der Waals surface area contributed by atoms with Crippen molar-refractivity contribution in [1.29, 1.82) is 0 Å². The number of H-pyrrole nitrogens is 1. The smallest absolute Gasteiger partial charge is 0.282 e. The van der Waals surface area contributed by atoms with Crippen molar-refractivity contribution in [2.75, 3.05) is 18.2 Å². The molecule has 2 aromatic heterocycles. The highest BCUT2D eigenvalue weighted by molar-refractivity contribution is 7.99. The molecule has 3 rings (SSSR count). The Morgan fingerprint density at radius 3 is 2.93 bits per heavy atom. The number of amides is 1. The lowest BCUT2D eigenvalue weighted by Crippen LogP contribution is -2.25. The van der Waals surface area contributed by atoms with Gasteiger partial charge in [0, 0.05) is 6.07 Å². The summed E-state index contributed by atoms with van der Waals surface area (Å²) in [6.45, 7) is 1.95. The molecule has 3 N–H and O–H groups in total. The van der Waals surface area contributed by atoms with Gasteiger partial charge in [-0.2, -0.15) is 14.8 Å². The first kappa shape index (κ1) is 18.5. The topological polar surface area (TPSA) is 135 Å². The number of benzene rings is 1. The number of aromatic nitrogens is 5. The lowest BCUT2D eigenvalue weighted by Gasteiger charge is -2.11. The van der Waals surface area contributed by atoms with E-state index in [1.807, 2.05) is 6.92 Å². The molecule has 0 bridgehead atoms. The number of methoxy groups -OCH3 is 1. The zero-order valence-electron chi connectivity index (χ0n) is 14.5. The monoisotopic (exact) mass is 388 g/mol. The highest BCUT2D eigenvalue weighted by Crippen LogP contribution is 2.21. The Hall–Kier alpha value is -3.34. The van der Waals surface area contributed by atoms with E-state index < -0.39 is 17.2 Å². The van der Waals surface area contributed by atoms with Crippen molar-refractivity contribution in [3.63, 3.8) is 0 Å². The average Bonchev–Trinajstić information content (AvgIpc) is 3.09. The summed E-state index contributed by atoms with van der Waals surface area (Å²) in [6, 6.07) is 7.60. The van der Waals surface area contributed by atoms with Crippen LogP contribution in [-0.4, -0.2) is 48.8 Å². The van der Waals surface area contributed by atoms with Gasteiger partial charge in [-0.25, -0.2) is 5.10 Å². The van der Waals surface area contributed by atoms with Gasteiger partial charge in [0.25, 0.3) is 11.5 Å². The van der Waals surface area contributed by atoms with Crippen LogP contribution in [0.4, 0.5) is 5.95 Å². The fraction of sp³-hybridized carbons (Fsp3) is 0.188. The number of carbonyl (C=O) groups is 1. The van der Waals surface area contributed by atoms with E-state index in [-0.39, 0.29) is 11.6 Å². The first-order valence-electron chi connectivity index (χ1n) is 7.86. The fourth-order valence-electron chi connectivity index (χ4n) is 2.25. The van der Waals surface area contributed by atoms with Crippen molar-refractivity contribution >= 4 is 23.6 Å². The Morgan fingerprint density at radius 2 is 2.19 bits per heavy atom. The Morgan fingerprint density at radius 1 is 1.41 bits per heavy atom. The Bertz CT molecular complexity index is 1030. The quantitative estimate of drug-likeness (QED) is 0.540. The van der Waals surface area contributed by atoms with Gasteiger partial charge in [-0.3, -0.25) is 14.9 Å². The average molecular weight is 388 g/mol. The van der Waals surface area contributed by atoms with Gasteiger partial charge in [0.15, 0.2) is 11.4 Å². The van der Waals surface area contributed by atoms with Gasteiger partial charge in [0.2, 0.25) is 11.1 Å². The van der Waals surface area contributed by atoms with Crippen LogP contribution in [0.25, 0.3) is 5.69 Å². The molecule has 1 aromatic carbocycles. The summed E-state index contributed by atoms with van der Waals surface area (Å²) in [4.78, 5) is 28.8. The van der Waals surface area contributed by atoms with Crippen LogP contribution >= 0.6 is 11.8 Å². The maximum absolute atomic E-state index is 12.5. The number of aromatic hydroxyl groups is 1. The number of carbonyl (C=O) groups excluding carboxylic acids is 1. The molecule has 0 radical (unpaired) electrons. The molecule has 0 aliphatic rings. The fourth-order valence-corrected chi connectivity index (χ4v) is 2.77. The molecule has 0 aliphatic carbocycles. The molecule has 0 aliphatic heterocycles. The molecule has 1 amide bonds. The van der Waals surface area contributed by atoms with Crippen LogP contribution < -0.4 is 15.6 Å². The number of nitrogens with one attached hydrogen (secondary N) is 2. The molecule has 11 heteroatoms. The number of thioether (sulfide) groups is 1. The second kappa shape index (κ2) is 7.91. The Balaban J connectivity index is 1.95. The Kier molecular flexibility index (Phi) is 5.41. The summed E-state index contributed by atoms with van der Waals surface area (Å²) in [5.41, 5.74) is -0.628. The maximum atomic E-state index is 12.5. The molecule has 0 saturated heterocycles. The van der Waals surface area contributed by atoms with E-state index in [1.165, 1.54) is 18.9 Å². The Labute approximate surface area is 157 Å². The summed E-state index contributed by atoms with van der Waals surface area (Å²) < 4.78 is 6.20. The number of aromatic amines is 1. The van der Waals surface area contributed by atoms with Crippen LogP contribution in [0.5, 0.6) is 11.5 Å². The number of nitrogens with zero attached hydrogens (tertiary/aromatic N) is 4. The van der Waals surface area contributed by atoms with E-state index in [4.69, 9.17) is 4.74 Å². The molecule has 0 saturated carbocycles. The van der Waals surface area contributed by atoms with Crippen LogP contribution in [0.15, 0.2) is 40.3 Å². The summed E-state index contributed by atoms with van der Waals surface area (Å²) >= 11 is 1.40. The van der Waals surface area contributed by atoms with Gasteiger partial charge in [-0.05, 0) is 17.9 Å². The number of anilines is 1. The van der Waals surface area contributed by atoms with E-state index in [2.05, 4.69) is 25.6 Å². The second-order valence-electron chi connectivity index (χ2n) is 5.15. The molecule has 0 fully saturated rings. The van der Waals surface area contributed by atoms with Crippen molar-refractivity contribution in [1.82, 2.24) is 25.0 Å². The minimum Gasteiger partial charge on any atom is -0.505 e. The molecule has 10 nitrogen and oxygen atoms in total. The summed E-state index contributed by atoms with van der Waals surface area (Å²) in [5.74, 6) is -0.0308. The molecule has 3 aromatic rings. The number of hydrogen-bond donors (Lipinski definition) is 3. The van der Waals surface area contributed by atoms with Gasteiger partial charge in [-0.15, -0.1) is 5.10 Å². The largest absolute Gasteiger partial charge is 0.505 e. The van der Waals surface area contributed by atoms with Crippen LogP contribution in [0.3, 0.4) is 0 Å². The molecule has 0 atom stereocenters. The molecule has 0 spiro atoms. The number of hydrogen-bond acceptors (Lipinski definition) is 8. The van der Waals surface area contributed by atoms with E-state index in [1.54, 1.807) is 24.3 Å². The zero-order chi connectivity index (χ0) is 19.4. The molecule has 0 unspecified atom stereocenters. The van der Waals surface area contributed by atoms with Crippen molar-refractivity contribution in [2.45, 2.75) is 12.1 Å². The summed E-state index contributed by atoms with van der Waals surface area (Å²) in [7, 11) is 1.45. The van der Waals surface area contributed by atoms with E-state index in [0.717, 1.165) is 16.5 Å². The van der Waals surface area contributed by atoms with Crippen molar-refractivity contribution < 1.29 is 14.6 Å². The lowest BCUT2D eigenvalue weighted by molar-refractivity contribution is 0.101. The number of rotatable bonds is 6. The summed E-state index contributed by atoms with van der Waals surface area (Å²) in [5, 5.41) is 23.4. The standard InChI is InChI=1S/C16H16N6O4S/c1-3-27-16-18-15(19-20-16)17-14(25)13-10(23)8-12(24)22(21-13)9-6-4-5-7-11(9)26-2/h4-8,23H,3H2,1-2H3,(H2,17,18,19,20,25). The van der Waals surface area contributed by atoms with Crippen molar-refractivity contribution in [3.05, 3.63) is 46.4 Å². The van der Waals surface area contributed by atoms with Gasteiger partial charge in [0.05, 0.1) is 7.11 Å². The van der Waals surface area contributed by atoms with Gasteiger partial charge in [0.1, 0.15) is 11.4 Å². The third-order valence-corrected chi connectivity index (χ3v) is 4.14. The zero-order valence-corrected chi connectivity index (χ0v) is 15.3. The molecular formula is C16H16N6O4S. The second-order valence-corrected chi connectivity index (χ2v) is 6.38. The van der Waals surface area contributed by atoms with Crippen LogP contribution in [0.1, 0.15) is 17.4 Å². The highest BCUT2D eigenvalue weighted by Gasteiger charge is 2.19. The normalized spacial score (nSPS) is 10.6. The van der Waals surface area contributed by atoms with Gasteiger partial charge >= 0.3 is 0 Å². The van der Waals surface area contributed by atoms with E-state index in [9.17, 15) is 14.7 Å². The molecule has 140 valence electrons. The minimum absolute atomic E-state index is 0.104. The number of para-hydroxylation sites is 2. The summed E-state index contributed by atoms with van der Waals surface area (Å²) in [6.07, 6.45) is 0. The third-order valence-electron chi connectivity index (χ3n) is 3.41. The predicted molar refractivity (Wildman–Crippen MR) is 98.8 cm³/mol.